The molecule has 3 nitrogen and oxygen atoms in total. The topological polar surface area (TPSA) is 31.0 Å². The molecule has 0 aromatic rings. The lowest BCUT2D eigenvalue weighted by atomic mass is 9.84. The van der Waals surface area contributed by atoms with Gasteiger partial charge in [-0.3, -0.25) is 0 Å². The molecule has 2 heterocycles. The predicted octanol–water partition coefficient (Wildman–Crippen LogP) is 4.52. The first-order chi connectivity index (χ1) is 10.7. The number of epoxide rings is 1. The predicted molar refractivity (Wildman–Crippen MR) is 103 cm³/mol. The fourth-order valence-electron chi connectivity index (χ4n) is 3.60. The Morgan fingerprint density at radius 2 is 1.78 bits per heavy atom. The highest BCUT2D eigenvalue weighted by molar-refractivity contribution is 8.19. The summed E-state index contributed by atoms with van der Waals surface area (Å²) < 4.78 is 19.0. The van der Waals surface area contributed by atoms with Gasteiger partial charge in [0.1, 0.15) is 15.8 Å². The Hall–Kier alpha value is 0.797. The van der Waals surface area contributed by atoms with Crippen molar-refractivity contribution in [3.05, 3.63) is 0 Å². The molecular weight excluding hydrogens is 344 g/mol. The van der Waals surface area contributed by atoms with Gasteiger partial charge >= 0.3 is 0 Å². The molecule has 2 spiro atoms. The molecule has 1 saturated carbocycles. The third-order valence-corrected chi connectivity index (χ3v) is 14.4. The van der Waals surface area contributed by atoms with Crippen molar-refractivity contribution >= 4 is 31.8 Å². The number of hydrogen-bond donors (Lipinski definition) is 0. The summed E-state index contributed by atoms with van der Waals surface area (Å²) >= 11 is 4.15. The van der Waals surface area contributed by atoms with E-state index in [2.05, 4.69) is 57.4 Å². The van der Waals surface area contributed by atoms with Crippen LogP contribution in [-0.4, -0.2) is 55.4 Å². The van der Waals surface area contributed by atoms with Crippen LogP contribution in [0, 0.1) is 0 Å². The van der Waals surface area contributed by atoms with Crippen molar-refractivity contribution < 1.29 is 13.9 Å². The second kappa shape index (κ2) is 6.20. The molecule has 0 aromatic heterocycles. The van der Waals surface area contributed by atoms with Gasteiger partial charge in [-0.15, -0.1) is 23.5 Å². The van der Waals surface area contributed by atoms with E-state index < -0.39 is 8.32 Å². The first-order valence-corrected chi connectivity index (χ1v) is 13.7. The van der Waals surface area contributed by atoms with Crippen LogP contribution in [0.2, 0.25) is 18.1 Å². The van der Waals surface area contributed by atoms with Crippen LogP contribution in [0.15, 0.2) is 0 Å². The largest absolute Gasteiger partial charge is 0.411 e. The van der Waals surface area contributed by atoms with Gasteiger partial charge in [-0.05, 0) is 48.9 Å². The highest BCUT2D eigenvalue weighted by Gasteiger charge is 2.70. The molecule has 2 saturated heterocycles. The lowest BCUT2D eigenvalue weighted by Crippen LogP contribution is -2.62. The van der Waals surface area contributed by atoms with Crippen molar-refractivity contribution in [3.63, 3.8) is 0 Å². The smallest absolute Gasteiger partial charge is 0.192 e. The van der Waals surface area contributed by atoms with E-state index in [0.717, 1.165) is 19.4 Å². The molecule has 3 rings (SSSR count). The number of fused-ring (bicyclic) bond motifs is 1. The molecular formula is C17H32O3S2Si. The van der Waals surface area contributed by atoms with Crippen LogP contribution in [0.5, 0.6) is 0 Å². The number of methoxy groups -OCH3 is 1. The van der Waals surface area contributed by atoms with Gasteiger partial charge in [-0.25, -0.2) is 0 Å². The molecule has 23 heavy (non-hydrogen) atoms. The molecule has 2 aliphatic heterocycles. The van der Waals surface area contributed by atoms with E-state index in [1.54, 1.807) is 0 Å². The normalized spacial score (nSPS) is 37.3. The van der Waals surface area contributed by atoms with E-state index >= 15 is 0 Å². The number of thioether (sulfide) groups is 2. The zero-order valence-corrected chi connectivity index (χ0v) is 18.1. The Balaban J connectivity index is 1.85. The van der Waals surface area contributed by atoms with Crippen molar-refractivity contribution in [2.45, 2.75) is 80.1 Å². The molecule has 134 valence electrons. The number of ether oxygens (including phenoxy) is 2. The number of rotatable bonds is 3. The van der Waals surface area contributed by atoms with E-state index in [1.807, 2.05) is 7.11 Å². The van der Waals surface area contributed by atoms with Gasteiger partial charge in [-0.2, -0.15) is 0 Å². The molecule has 0 unspecified atom stereocenters. The average molecular weight is 377 g/mol. The monoisotopic (exact) mass is 376 g/mol. The molecule has 0 bridgehead atoms. The third kappa shape index (κ3) is 3.06. The van der Waals surface area contributed by atoms with Crippen molar-refractivity contribution in [2.24, 2.45) is 0 Å². The Morgan fingerprint density at radius 3 is 2.26 bits per heavy atom. The van der Waals surface area contributed by atoms with Crippen LogP contribution in [0.4, 0.5) is 0 Å². The van der Waals surface area contributed by atoms with Gasteiger partial charge in [0.05, 0.1) is 12.7 Å². The van der Waals surface area contributed by atoms with Crippen LogP contribution in [0.3, 0.4) is 0 Å². The molecule has 0 radical (unpaired) electrons. The molecule has 3 fully saturated rings. The molecule has 3 atom stereocenters. The molecule has 3 aliphatic rings. The summed E-state index contributed by atoms with van der Waals surface area (Å²) in [5, 5.41) is 0.233. The first kappa shape index (κ1) is 18.6. The van der Waals surface area contributed by atoms with E-state index in [9.17, 15) is 0 Å². The lowest BCUT2D eigenvalue weighted by molar-refractivity contribution is -0.0529. The van der Waals surface area contributed by atoms with E-state index in [4.69, 9.17) is 13.9 Å². The van der Waals surface area contributed by atoms with E-state index in [0.29, 0.717) is 0 Å². The molecule has 0 amide bonds. The molecule has 6 heteroatoms. The lowest BCUT2D eigenvalue weighted by Gasteiger charge is -2.53. The molecule has 0 aromatic carbocycles. The first-order valence-electron chi connectivity index (χ1n) is 8.80. The summed E-state index contributed by atoms with van der Waals surface area (Å²) in [6.07, 6.45) is 3.80. The summed E-state index contributed by atoms with van der Waals surface area (Å²) in [6.45, 7) is 12.6. The standard InChI is InChI=1S/C17H32O3S2Si/c1-15(2,3)23(5,6)20-13-8-9-16(12-19-16)17(14(13)18-4)21-10-7-11-22-17/h13-14H,7-12H2,1-6H3/t13-,14-,16+/m1/s1. The Bertz CT molecular complexity index is 440. The highest BCUT2D eigenvalue weighted by atomic mass is 32.2. The fourth-order valence-corrected chi connectivity index (χ4v) is 8.94. The SMILES string of the molecule is CO[C@@H]1[C@H](O[Si](C)(C)C(C)(C)C)CC[C@]2(CO2)C12SCCCS2. The van der Waals surface area contributed by atoms with Gasteiger partial charge in [0.25, 0.3) is 0 Å². The van der Waals surface area contributed by atoms with Crippen LogP contribution >= 0.6 is 23.5 Å². The van der Waals surface area contributed by atoms with Gasteiger partial charge in [0.15, 0.2) is 8.32 Å². The van der Waals surface area contributed by atoms with E-state index in [1.165, 1.54) is 17.9 Å². The van der Waals surface area contributed by atoms with Crippen molar-refractivity contribution in [1.82, 2.24) is 0 Å². The zero-order valence-electron chi connectivity index (χ0n) is 15.4. The fraction of sp³-hybridized carbons (Fsp3) is 1.00. The van der Waals surface area contributed by atoms with Crippen LogP contribution in [-0.2, 0) is 13.9 Å². The van der Waals surface area contributed by atoms with Gasteiger partial charge in [-0.1, -0.05) is 20.8 Å². The maximum atomic E-state index is 6.83. The maximum absolute atomic E-state index is 6.83. The zero-order chi connectivity index (χ0) is 16.9. The minimum Gasteiger partial charge on any atom is -0.411 e. The minimum absolute atomic E-state index is 0.0330. The minimum atomic E-state index is -1.80. The summed E-state index contributed by atoms with van der Waals surface area (Å²) in [4.78, 5) is 0. The average Bonchev–Trinajstić information content (AvgIpc) is 3.25. The summed E-state index contributed by atoms with van der Waals surface area (Å²) in [5.41, 5.74) is 0.0384. The van der Waals surface area contributed by atoms with Crippen molar-refractivity contribution in [1.29, 1.82) is 0 Å². The summed E-state index contributed by atoms with van der Waals surface area (Å²) in [5.74, 6) is 2.43. The Kier molecular flexibility index (Phi) is 5.01. The van der Waals surface area contributed by atoms with E-state index in [-0.39, 0.29) is 26.9 Å². The van der Waals surface area contributed by atoms with Crippen molar-refractivity contribution in [3.8, 4) is 0 Å². The van der Waals surface area contributed by atoms with Crippen LogP contribution in [0.1, 0.15) is 40.0 Å². The third-order valence-electron chi connectivity index (χ3n) is 6.10. The molecule has 1 aliphatic carbocycles. The van der Waals surface area contributed by atoms with Crippen LogP contribution < -0.4 is 0 Å². The van der Waals surface area contributed by atoms with Crippen molar-refractivity contribution in [2.75, 3.05) is 25.2 Å². The second-order valence-corrected chi connectivity index (χ2v) is 16.3. The summed E-state index contributed by atoms with van der Waals surface area (Å²) in [6, 6.07) is 0. The highest BCUT2D eigenvalue weighted by Crippen LogP contribution is 2.64. The van der Waals surface area contributed by atoms with Crippen LogP contribution in [0.25, 0.3) is 0 Å². The maximum Gasteiger partial charge on any atom is 0.192 e. The molecule has 0 N–H and O–H groups in total. The number of hydrogen-bond acceptors (Lipinski definition) is 5. The summed E-state index contributed by atoms with van der Waals surface area (Å²) in [7, 11) is 0.0708. The second-order valence-electron chi connectivity index (χ2n) is 8.61. The quantitative estimate of drug-likeness (QED) is 0.534. The Labute approximate surface area is 151 Å². The van der Waals surface area contributed by atoms with Gasteiger partial charge in [0, 0.05) is 7.11 Å². The Morgan fingerprint density at radius 1 is 1.17 bits per heavy atom. The van der Waals surface area contributed by atoms with Gasteiger partial charge < -0.3 is 13.9 Å². The van der Waals surface area contributed by atoms with Gasteiger partial charge in [0.2, 0.25) is 0 Å².